The molecule has 0 saturated carbocycles. The number of alkyl carbamates (subject to hydrolysis) is 1. The molecule has 2 atom stereocenters. The van der Waals surface area contributed by atoms with Crippen LogP contribution in [0.1, 0.15) is 48.0 Å². The van der Waals surface area contributed by atoms with Crippen LogP contribution < -0.4 is 10.6 Å². The number of hydrogen-bond donors (Lipinski definition) is 2. The van der Waals surface area contributed by atoms with E-state index < -0.39 is 35.7 Å². The Morgan fingerprint density at radius 3 is 2.00 bits per heavy atom. The third kappa shape index (κ3) is 8.49. The van der Waals surface area contributed by atoms with Gasteiger partial charge in [0.15, 0.2) is 0 Å². The number of ether oxygens (including phenoxy) is 2. The predicted molar refractivity (Wildman–Crippen MR) is 82.2 cm³/mol. The molecular formula is C15H28N2O5. The lowest BCUT2D eigenvalue weighted by Crippen LogP contribution is -2.52. The second-order valence-corrected chi connectivity index (χ2v) is 6.58. The van der Waals surface area contributed by atoms with E-state index in [9.17, 15) is 14.4 Å². The first-order valence-electron chi connectivity index (χ1n) is 7.34. The van der Waals surface area contributed by atoms with Crippen LogP contribution in [-0.4, -0.2) is 42.8 Å². The van der Waals surface area contributed by atoms with Crippen LogP contribution in [-0.2, 0) is 19.1 Å². The van der Waals surface area contributed by atoms with Crippen molar-refractivity contribution in [3.8, 4) is 0 Å². The maximum Gasteiger partial charge on any atom is 0.408 e. The quantitative estimate of drug-likeness (QED) is 0.726. The summed E-state index contributed by atoms with van der Waals surface area (Å²) < 4.78 is 9.71. The zero-order valence-electron chi connectivity index (χ0n) is 14.5. The van der Waals surface area contributed by atoms with Gasteiger partial charge in [-0.1, -0.05) is 13.8 Å². The molecule has 0 unspecified atom stereocenters. The summed E-state index contributed by atoms with van der Waals surface area (Å²) in [6, 6.07) is -1.56. The standard InChI is InChI=1S/C15H28N2O5/c1-9(2)8-11(17-14(20)22-15(4,5)6)12(18)16-10(3)13(19)21-7/h9-11H,8H2,1-7H3,(H,16,18)(H,17,20)/t10-,11-/m0/s1. The van der Waals surface area contributed by atoms with Crippen molar-refractivity contribution in [3.63, 3.8) is 0 Å². The van der Waals surface area contributed by atoms with E-state index in [1.54, 1.807) is 20.8 Å². The third-order valence-electron chi connectivity index (χ3n) is 2.63. The number of amides is 2. The molecule has 2 amide bonds. The second kappa shape index (κ2) is 8.60. The van der Waals surface area contributed by atoms with E-state index in [2.05, 4.69) is 15.4 Å². The average molecular weight is 316 g/mol. The van der Waals surface area contributed by atoms with Crippen LogP contribution in [0.3, 0.4) is 0 Å². The normalized spacial score (nSPS) is 14.0. The van der Waals surface area contributed by atoms with Crippen LogP contribution in [0.5, 0.6) is 0 Å². The monoisotopic (exact) mass is 316 g/mol. The number of hydrogen-bond acceptors (Lipinski definition) is 5. The van der Waals surface area contributed by atoms with E-state index in [4.69, 9.17) is 4.74 Å². The Kier molecular flexibility index (Phi) is 7.90. The molecule has 0 aromatic carbocycles. The molecule has 0 radical (unpaired) electrons. The minimum atomic E-state index is -0.785. The van der Waals surface area contributed by atoms with Gasteiger partial charge in [0, 0.05) is 0 Å². The highest BCUT2D eigenvalue weighted by Gasteiger charge is 2.27. The highest BCUT2D eigenvalue weighted by atomic mass is 16.6. The third-order valence-corrected chi connectivity index (χ3v) is 2.63. The molecule has 0 heterocycles. The Morgan fingerprint density at radius 1 is 1.05 bits per heavy atom. The number of methoxy groups -OCH3 is 1. The molecule has 0 aliphatic heterocycles. The van der Waals surface area contributed by atoms with Crippen molar-refractivity contribution < 1.29 is 23.9 Å². The zero-order chi connectivity index (χ0) is 17.5. The fraction of sp³-hybridized carbons (Fsp3) is 0.800. The number of nitrogens with one attached hydrogen (secondary N) is 2. The van der Waals surface area contributed by atoms with Gasteiger partial charge >= 0.3 is 12.1 Å². The fourth-order valence-corrected chi connectivity index (χ4v) is 1.70. The summed E-state index contributed by atoms with van der Waals surface area (Å²) in [5, 5.41) is 5.06. The number of esters is 1. The molecule has 0 spiro atoms. The van der Waals surface area contributed by atoms with E-state index in [1.165, 1.54) is 14.0 Å². The van der Waals surface area contributed by atoms with Crippen molar-refractivity contribution in [2.75, 3.05) is 7.11 Å². The van der Waals surface area contributed by atoms with E-state index in [0.29, 0.717) is 6.42 Å². The molecule has 128 valence electrons. The van der Waals surface area contributed by atoms with Gasteiger partial charge in [-0.3, -0.25) is 4.79 Å². The molecule has 0 aliphatic rings. The van der Waals surface area contributed by atoms with Crippen LogP contribution in [0.4, 0.5) is 4.79 Å². The highest BCUT2D eigenvalue weighted by molar-refractivity contribution is 5.89. The van der Waals surface area contributed by atoms with E-state index in [0.717, 1.165) is 0 Å². The Labute approximate surface area is 132 Å². The molecule has 0 rings (SSSR count). The Balaban J connectivity index is 4.79. The van der Waals surface area contributed by atoms with Crippen molar-refractivity contribution in [1.29, 1.82) is 0 Å². The molecule has 0 bridgehead atoms. The first-order valence-corrected chi connectivity index (χ1v) is 7.34. The molecule has 0 fully saturated rings. The van der Waals surface area contributed by atoms with Crippen LogP contribution in [0, 0.1) is 5.92 Å². The van der Waals surface area contributed by atoms with Gasteiger partial charge in [0.25, 0.3) is 0 Å². The van der Waals surface area contributed by atoms with Gasteiger partial charge < -0.3 is 20.1 Å². The second-order valence-electron chi connectivity index (χ2n) is 6.58. The van der Waals surface area contributed by atoms with Gasteiger partial charge in [0.1, 0.15) is 17.7 Å². The minimum absolute atomic E-state index is 0.180. The Morgan fingerprint density at radius 2 is 1.59 bits per heavy atom. The summed E-state index contributed by atoms with van der Waals surface area (Å²) in [5.74, 6) is -0.814. The Bertz CT molecular complexity index is 401. The van der Waals surface area contributed by atoms with Crippen molar-refractivity contribution in [2.45, 2.75) is 65.6 Å². The summed E-state index contributed by atoms with van der Waals surface area (Å²) in [7, 11) is 1.25. The first kappa shape index (κ1) is 20.2. The maximum absolute atomic E-state index is 12.2. The van der Waals surface area contributed by atoms with Gasteiger partial charge in [0.05, 0.1) is 7.11 Å². The Hall–Kier alpha value is -1.79. The smallest absolute Gasteiger partial charge is 0.408 e. The van der Waals surface area contributed by atoms with Crippen molar-refractivity contribution in [1.82, 2.24) is 10.6 Å². The van der Waals surface area contributed by atoms with Gasteiger partial charge in [-0.15, -0.1) is 0 Å². The summed E-state index contributed by atoms with van der Waals surface area (Å²) in [5.41, 5.74) is -0.651. The molecular weight excluding hydrogens is 288 g/mol. The molecule has 2 N–H and O–H groups in total. The van der Waals surface area contributed by atoms with E-state index >= 15 is 0 Å². The number of carbonyl (C=O) groups excluding carboxylic acids is 3. The molecule has 0 saturated heterocycles. The van der Waals surface area contributed by atoms with Crippen molar-refractivity contribution >= 4 is 18.0 Å². The van der Waals surface area contributed by atoms with E-state index in [1.807, 2.05) is 13.8 Å². The lowest BCUT2D eigenvalue weighted by Gasteiger charge is -2.25. The molecule has 0 aromatic rings. The van der Waals surface area contributed by atoms with Crippen molar-refractivity contribution in [2.24, 2.45) is 5.92 Å². The van der Waals surface area contributed by atoms with Crippen LogP contribution in [0.25, 0.3) is 0 Å². The van der Waals surface area contributed by atoms with E-state index in [-0.39, 0.29) is 5.92 Å². The summed E-state index contributed by atoms with van der Waals surface area (Å²) in [4.78, 5) is 35.4. The largest absolute Gasteiger partial charge is 0.467 e. The molecule has 7 heteroatoms. The lowest BCUT2D eigenvalue weighted by molar-refractivity contribution is -0.144. The zero-order valence-corrected chi connectivity index (χ0v) is 14.5. The fourth-order valence-electron chi connectivity index (χ4n) is 1.70. The molecule has 0 aromatic heterocycles. The van der Waals surface area contributed by atoms with Crippen LogP contribution >= 0.6 is 0 Å². The topological polar surface area (TPSA) is 93.7 Å². The number of rotatable bonds is 6. The van der Waals surface area contributed by atoms with Gasteiger partial charge in [-0.2, -0.15) is 0 Å². The van der Waals surface area contributed by atoms with Gasteiger partial charge in [0.2, 0.25) is 5.91 Å². The van der Waals surface area contributed by atoms with Crippen LogP contribution in [0.2, 0.25) is 0 Å². The summed E-state index contributed by atoms with van der Waals surface area (Å²) >= 11 is 0. The number of carbonyl (C=O) groups is 3. The summed E-state index contributed by atoms with van der Waals surface area (Å²) in [6.07, 6.45) is -0.238. The summed E-state index contributed by atoms with van der Waals surface area (Å²) in [6.45, 7) is 10.6. The predicted octanol–water partition coefficient (Wildman–Crippen LogP) is 1.60. The highest BCUT2D eigenvalue weighted by Crippen LogP contribution is 2.09. The van der Waals surface area contributed by atoms with Crippen LogP contribution in [0.15, 0.2) is 0 Å². The lowest BCUT2D eigenvalue weighted by atomic mass is 10.0. The minimum Gasteiger partial charge on any atom is -0.467 e. The molecule has 0 aliphatic carbocycles. The average Bonchev–Trinajstić information content (AvgIpc) is 2.33. The molecule has 22 heavy (non-hydrogen) atoms. The van der Waals surface area contributed by atoms with Gasteiger partial charge in [-0.25, -0.2) is 9.59 Å². The van der Waals surface area contributed by atoms with Gasteiger partial charge in [-0.05, 0) is 40.0 Å². The van der Waals surface area contributed by atoms with Crippen molar-refractivity contribution in [3.05, 3.63) is 0 Å². The first-order chi connectivity index (χ1) is 9.96. The molecule has 7 nitrogen and oxygen atoms in total. The SMILES string of the molecule is COC(=O)[C@H](C)NC(=O)[C@H](CC(C)C)NC(=O)OC(C)(C)C. The maximum atomic E-state index is 12.2.